The lowest BCUT2D eigenvalue weighted by Gasteiger charge is -2.28. The lowest BCUT2D eigenvalue weighted by Crippen LogP contribution is -2.32. The molecule has 4 heteroatoms. The zero-order valence-electron chi connectivity index (χ0n) is 7.94. The third-order valence-corrected chi connectivity index (χ3v) is 4.42. The quantitative estimate of drug-likeness (QED) is 0.763. The molecule has 2 atom stereocenters. The fourth-order valence-corrected chi connectivity index (χ4v) is 4.15. The van der Waals surface area contributed by atoms with Crippen LogP contribution in [-0.4, -0.2) is 11.1 Å². The Morgan fingerprint density at radius 2 is 1.57 bits per heavy atom. The molecule has 1 N–H and O–H groups in total. The van der Waals surface area contributed by atoms with Crippen LogP contribution in [0.5, 0.6) is 0 Å². The maximum absolute atomic E-state index is 11.2. The van der Waals surface area contributed by atoms with Gasteiger partial charge in [0.1, 0.15) is 0 Å². The molecule has 0 aromatic heterocycles. The summed E-state index contributed by atoms with van der Waals surface area (Å²) in [6.07, 6.45) is 5.73. The van der Waals surface area contributed by atoms with E-state index < -0.39 is 5.97 Å². The maximum atomic E-state index is 11.2. The summed E-state index contributed by atoms with van der Waals surface area (Å²) in [4.78, 5) is 11.2. The number of carboxylic acid groups (broad SMARTS) is 1. The second kappa shape index (κ2) is 3.57. The van der Waals surface area contributed by atoms with Crippen molar-refractivity contribution in [3.63, 3.8) is 0 Å². The SMILES string of the molecule is Cl.Cl.O=C(O)C12CC3CC(CC1C3)C2. The van der Waals surface area contributed by atoms with E-state index in [9.17, 15) is 9.90 Å². The van der Waals surface area contributed by atoms with Crippen LogP contribution < -0.4 is 0 Å². The van der Waals surface area contributed by atoms with Gasteiger partial charge in [0, 0.05) is 0 Å². The molecule has 4 aliphatic carbocycles. The van der Waals surface area contributed by atoms with E-state index in [0.29, 0.717) is 5.92 Å². The van der Waals surface area contributed by atoms with Gasteiger partial charge in [-0.15, -0.1) is 24.8 Å². The van der Waals surface area contributed by atoms with Gasteiger partial charge < -0.3 is 5.11 Å². The molecular formula is C10H16Cl2O2. The molecule has 82 valence electrons. The highest BCUT2D eigenvalue weighted by Gasteiger charge is 2.61. The summed E-state index contributed by atoms with van der Waals surface area (Å²) in [5.74, 6) is 1.56. The third kappa shape index (κ3) is 1.27. The van der Waals surface area contributed by atoms with Crippen molar-refractivity contribution in [1.82, 2.24) is 0 Å². The molecule has 14 heavy (non-hydrogen) atoms. The van der Waals surface area contributed by atoms with Crippen LogP contribution >= 0.6 is 24.8 Å². The van der Waals surface area contributed by atoms with E-state index in [-0.39, 0.29) is 30.2 Å². The van der Waals surface area contributed by atoms with Gasteiger partial charge in [-0.1, -0.05) is 0 Å². The van der Waals surface area contributed by atoms with Gasteiger partial charge in [0.05, 0.1) is 5.41 Å². The molecule has 0 aromatic carbocycles. The minimum atomic E-state index is -0.503. The molecule has 4 saturated carbocycles. The van der Waals surface area contributed by atoms with Gasteiger partial charge in [-0.25, -0.2) is 0 Å². The molecule has 2 nitrogen and oxygen atoms in total. The average molecular weight is 239 g/mol. The van der Waals surface area contributed by atoms with Crippen LogP contribution in [0.2, 0.25) is 0 Å². The van der Waals surface area contributed by atoms with Crippen molar-refractivity contribution in [3.05, 3.63) is 0 Å². The largest absolute Gasteiger partial charge is 0.481 e. The average Bonchev–Trinajstić information content (AvgIpc) is 2.37. The number of halogens is 2. The summed E-state index contributed by atoms with van der Waals surface area (Å²) < 4.78 is 0. The minimum absolute atomic E-state index is 0. The Kier molecular flexibility index (Phi) is 3.09. The predicted molar refractivity (Wildman–Crippen MR) is 58.1 cm³/mol. The first-order chi connectivity index (χ1) is 5.71. The number of hydrogen-bond acceptors (Lipinski definition) is 1. The van der Waals surface area contributed by atoms with E-state index in [4.69, 9.17) is 0 Å². The first-order valence-electron chi connectivity index (χ1n) is 4.94. The van der Waals surface area contributed by atoms with Crippen molar-refractivity contribution in [2.45, 2.75) is 32.1 Å². The fraction of sp³-hybridized carbons (Fsp3) is 0.900. The standard InChI is InChI=1S/C10H14O2.2ClH/c11-9(12)10-4-6-1-7(5-10)3-8(10)2-6;;/h6-8H,1-5H2,(H,11,12);2*1H. The highest BCUT2D eigenvalue weighted by atomic mass is 35.5. The Morgan fingerprint density at radius 1 is 1.07 bits per heavy atom. The summed E-state index contributed by atoms with van der Waals surface area (Å²) in [5.41, 5.74) is -0.256. The van der Waals surface area contributed by atoms with Gasteiger partial charge in [0.15, 0.2) is 0 Å². The lowest BCUT2D eigenvalue weighted by atomic mass is 9.76. The van der Waals surface area contributed by atoms with Gasteiger partial charge in [-0.05, 0) is 49.9 Å². The number of hydrogen-bond donors (Lipinski definition) is 1. The van der Waals surface area contributed by atoms with Crippen molar-refractivity contribution < 1.29 is 9.90 Å². The van der Waals surface area contributed by atoms with Crippen LogP contribution in [0.3, 0.4) is 0 Å². The van der Waals surface area contributed by atoms with E-state index in [1.165, 1.54) is 19.3 Å². The minimum Gasteiger partial charge on any atom is -0.481 e. The second-order valence-corrected chi connectivity index (χ2v) is 5.01. The Bertz CT molecular complexity index is 241. The van der Waals surface area contributed by atoms with Crippen LogP contribution in [0.15, 0.2) is 0 Å². The monoisotopic (exact) mass is 238 g/mol. The zero-order valence-corrected chi connectivity index (χ0v) is 9.57. The first-order valence-corrected chi connectivity index (χ1v) is 4.94. The topological polar surface area (TPSA) is 37.3 Å². The van der Waals surface area contributed by atoms with E-state index >= 15 is 0 Å². The normalized spacial score (nSPS) is 47.0. The smallest absolute Gasteiger partial charge is 0.309 e. The Morgan fingerprint density at radius 3 is 1.93 bits per heavy atom. The van der Waals surface area contributed by atoms with Gasteiger partial charge in [0.2, 0.25) is 0 Å². The molecule has 2 unspecified atom stereocenters. The van der Waals surface area contributed by atoms with E-state index in [0.717, 1.165) is 24.7 Å². The zero-order chi connectivity index (χ0) is 8.34. The molecule has 4 aliphatic rings. The van der Waals surface area contributed by atoms with Crippen LogP contribution in [0.25, 0.3) is 0 Å². The van der Waals surface area contributed by atoms with Crippen molar-refractivity contribution in [1.29, 1.82) is 0 Å². The Hall–Kier alpha value is 0.0500. The summed E-state index contributed by atoms with van der Waals surface area (Å²) in [6.45, 7) is 0. The fourth-order valence-electron chi connectivity index (χ4n) is 4.15. The van der Waals surface area contributed by atoms with Crippen LogP contribution in [0.4, 0.5) is 0 Å². The third-order valence-electron chi connectivity index (χ3n) is 4.42. The number of rotatable bonds is 1. The maximum Gasteiger partial charge on any atom is 0.309 e. The molecule has 4 fully saturated rings. The van der Waals surface area contributed by atoms with Gasteiger partial charge >= 0.3 is 5.97 Å². The van der Waals surface area contributed by atoms with Gasteiger partial charge in [-0.3, -0.25) is 4.79 Å². The Balaban J connectivity index is 0.000000490. The summed E-state index contributed by atoms with van der Waals surface area (Å²) in [7, 11) is 0. The molecule has 4 rings (SSSR count). The molecule has 0 radical (unpaired) electrons. The van der Waals surface area contributed by atoms with E-state index in [2.05, 4.69) is 0 Å². The van der Waals surface area contributed by atoms with Crippen molar-refractivity contribution in [2.75, 3.05) is 0 Å². The van der Waals surface area contributed by atoms with Crippen LogP contribution in [0, 0.1) is 23.2 Å². The Labute approximate surface area is 96.3 Å². The molecule has 0 amide bonds. The van der Waals surface area contributed by atoms with Crippen molar-refractivity contribution in [3.8, 4) is 0 Å². The summed E-state index contributed by atoms with van der Waals surface area (Å²) in [6, 6.07) is 0. The second-order valence-electron chi connectivity index (χ2n) is 5.01. The van der Waals surface area contributed by atoms with Crippen molar-refractivity contribution in [2.24, 2.45) is 23.2 Å². The highest BCUT2D eigenvalue weighted by molar-refractivity contribution is 5.85. The highest BCUT2D eigenvalue weighted by Crippen LogP contribution is 2.65. The summed E-state index contributed by atoms with van der Waals surface area (Å²) >= 11 is 0. The van der Waals surface area contributed by atoms with Crippen LogP contribution in [0.1, 0.15) is 32.1 Å². The van der Waals surface area contributed by atoms with E-state index in [1.807, 2.05) is 0 Å². The number of aliphatic carboxylic acids is 1. The van der Waals surface area contributed by atoms with E-state index in [1.54, 1.807) is 0 Å². The molecular weight excluding hydrogens is 223 g/mol. The van der Waals surface area contributed by atoms with Crippen molar-refractivity contribution >= 4 is 30.8 Å². The van der Waals surface area contributed by atoms with Gasteiger partial charge in [-0.2, -0.15) is 0 Å². The predicted octanol–water partition coefficient (Wildman–Crippen LogP) is 2.74. The molecule has 0 aromatic rings. The molecule has 0 heterocycles. The first kappa shape index (κ1) is 12.1. The summed E-state index contributed by atoms with van der Waals surface area (Å²) in [5, 5.41) is 9.21. The number of carbonyl (C=O) groups is 1. The molecule has 4 bridgehead atoms. The molecule has 0 spiro atoms. The number of carboxylic acids is 1. The lowest BCUT2D eigenvalue weighted by molar-refractivity contribution is -0.150. The molecule has 0 aliphatic heterocycles. The van der Waals surface area contributed by atoms with Gasteiger partial charge in [0.25, 0.3) is 0 Å². The molecule has 0 saturated heterocycles. The van der Waals surface area contributed by atoms with Crippen LogP contribution in [-0.2, 0) is 4.79 Å².